The Morgan fingerprint density at radius 2 is 1.81 bits per heavy atom. The van der Waals surface area contributed by atoms with Gasteiger partial charge in [-0.1, -0.05) is 32.6 Å². The summed E-state index contributed by atoms with van der Waals surface area (Å²) in [5.41, 5.74) is 2.77. The summed E-state index contributed by atoms with van der Waals surface area (Å²) in [6.07, 6.45) is 1.72. The van der Waals surface area contributed by atoms with Crippen LogP contribution in [0.2, 0.25) is 25.7 Å². The van der Waals surface area contributed by atoms with Crippen molar-refractivity contribution in [3.05, 3.63) is 66.4 Å². The Labute approximate surface area is 218 Å². The van der Waals surface area contributed by atoms with Gasteiger partial charge in [0.15, 0.2) is 15.7 Å². The minimum Gasteiger partial charge on any atom is -0.457 e. The average Bonchev–Trinajstić information content (AvgIpc) is 3.23. The number of hydrogen-bond donors (Lipinski definition) is 1. The summed E-state index contributed by atoms with van der Waals surface area (Å²) in [7, 11) is -4.53. The van der Waals surface area contributed by atoms with Gasteiger partial charge in [-0.3, -0.25) is 9.55 Å². The first-order valence-electron chi connectivity index (χ1n) is 12.2. The molecule has 0 saturated carbocycles. The summed E-state index contributed by atoms with van der Waals surface area (Å²) in [5.74, 6) is 1.60. The number of aromatic nitrogens is 3. The third-order valence-corrected chi connectivity index (χ3v) is 9.46. The van der Waals surface area contributed by atoms with Crippen LogP contribution in [0.5, 0.6) is 11.5 Å². The number of fused-ring (bicyclic) bond motifs is 1. The Balaban J connectivity index is 1.69. The highest BCUT2D eigenvalue weighted by atomic mass is 32.2. The van der Waals surface area contributed by atoms with E-state index in [4.69, 9.17) is 14.5 Å². The molecule has 0 aliphatic carbocycles. The van der Waals surface area contributed by atoms with Crippen molar-refractivity contribution in [1.82, 2.24) is 14.5 Å². The van der Waals surface area contributed by atoms with Gasteiger partial charge in [0.1, 0.15) is 23.9 Å². The van der Waals surface area contributed by atoms with Crippen LogP contribution < -0.4 is 4.74 Å². The molecule has 1 N–H and O–H groups in total. The van der Waals surface area contributed by atoms with Crippen LogP contribution in [0.3, 0.4) is 0 Å². The lowest BCUT2D eigenvalue weighted by Gasteiger charge is -2.16. The Kier molecular flexibility index (Phi) is 8.13. The molecule has 0 bridgehead atoms. The van der Waals surface area contributed by atoms with E-state index in [1.54, 1.807) is 31.3 Å². The second-order valence-electron chi connectivity index (χ2n) is 10.0. The fourth-order valence-corrected chi connectivity index (χ4v) is 5.42. The van der Waals surface area contributed by atoms with Crippen LogP contribution in [0.15, 0.2) is 65.7 Å². The highest BCUT2D eigenvalue weighted by Gasteiger charge is 2.19. The standard InChI is InChI=1S/C27H33N3O5SSi/c1-5-36(32,33)22-11-9-21(10-12-22)35-26-17-24-25(16-20(26)18-31)30(19-34-14-15-37(2,3)4)27(29-24)23-8-6-7-13-28-23/h6-13,16-17,31H,5,14-15,18-19H2,1-4H3. The smallest absolute Gasteiger partial charge is 0.178 e. The Hall–Kier alpha value is -3.05. The van der Waals surface area contributed by atoms with Gasteiger partial charge >= 0.3 is 0 Å². The number of sulfone groups is 1. The van der Waals surface area contributed by atoms with E-state index >= 15 is 0 Å². The topological polar surface area (TPSA) is 104 Å². The van der Waals surface area contributed by atoms with Crippen molar-refractivity contribution >= 4 is 28.9 Å². The summed E-state index contributed by atoms with van der Waals surface area (Å²) in [5, 5.41) is 10.1. The summed E-state index contributed by atoms with van der Waals surface area (Å²) >= 11 is 0. The van der Waals surface area contributed by atoms with Crippen molar-refractivity contribution in [3.8, 4) is 23.0 Å². The average molecular weight is 540 g/mol. The fraction of sp³-hybridized carbons (Fsp3) is 0.333. The second kappa shape index (κ2) is 11.1. The molecule has 0 aliphatic heterocycles. The molecule has 0 amide bonds. The lowest BCUT2D eigenvalue weighted by atomic mass is 10.2. The highest BCUT2D eigenvalue weighted by Crippen LogP contribution is 2.33. The first-order chi connectivity index (χ1) is 17.6. The number of imidazole rings is 1. The van der Waals surface area contributed by atoms with Gasteiger partial charge in [-0.25, -0.2) is 13.4 Å². The van der Waals surface area contributed by atoms with Crippen LogP contribution in [0.1, 0.15) is 12.5 Å². The Morgan fingerprint density at radius 1 is 1.05 bits per heavy atom. The van der Waals surface area contributed by atoms with Crippen molar-refractivity contribution in [2.24, 2.45) is 0 Å². The van der Waals surface area contributed by atoms with E-state index in [2.05, 4.69) is 24.6 Å². The molecule has 0 fully saturated rings. The van der Waals surface area contributed by atoms with Gasteiger partial charge < -0.3 is 14.6 Å². The largest absolute Gasteiger partial charge is 0.457 e. The molecule has 0 unspecified atom stereocenters. The minimum absolute atomic E-state index is 0.0294. The zero-order valence-corrected chi connectivity index (χ0v) is 23.5. The molecule has 0 spiro atoms. The molecule has 0 aliphatic rings. The van der Waals surface area contributed by atoms with Gasteiger partial charge in [-0.05, 0) is 48.5 Å². The number of aliphatic hydroxyl groups excluding tert-OH is 1. The van der Waals surface area contributed by atoms with Gasteiger partial charge in [-0.15, -0.1) is 0 Å². The molecule has 4 aromatic rings. The first-order valence-corrected chi connectivity index (χ1v) is 17.6. The summed E-state index contributed by atoms with van der Waals surface area (Å²) in [4.78, 5) is 9.56. The molecule has 196 valence electrons. The molecule has 2 heterocycles. The number of aliphatic hydroxyl groups is 1. The quantitative estimate of drug-likeness (QED) is 0.199. The van der Waals surface area contributed by atoms with E-state index in [-0.39, 0.29) is 17.3 Å². The maximum atomic E-state index is 12.1. The zero-order valence-electron chi connectivity index (χ0n) is 21.6. The molecule has 37 heavy (non-hydrogen) atoms. The van der Waals surface area contributed by atoms with Gasteiger partial charge in [-0.2, -0.15) is 0 Å². The highest BCUT2D eigenvalue weighted by molar-refractivity contribution is 7.91. The monoisotopic (exact) mass is 539 g/mol. The zero-order chi connectivity index (χ0) is 26.6. The molecule has 2 aromatic carbocycles. The van der Waals surface area contributed by atoms with Gasteiger partial charge in [0, 0.05) is 32.5 Å². The van der Waals surface area contributed by atoms with Crippen molar-refractivity contribution < 1.29 is 23.0 Å². The predicted octanol–water partition coefficient (Wildman–Crippen LogP) is 5.49. The van der Waals surface area contributed by atoms with Crippen LogP contribution in [-0.4, -0.2) is 48.5 Å². The van der Waals surface area contributed by atoms with E-state index in [0.717, 1.165) is 11.6 Å². The van der Waals surface area contributed by atoms with Crippen molar-refractivity contribution in [2.45, 2.75) is 50.8 Å². The van der Waals surface area contributed by atoms with Crippen molar-refractivity contribution in [3.63, 3.8) is 0 Å². The number of pyridine rings is 1. The number of benzene rings is 2. The lowest BCUT2D eigenvalue weighted by molar-refractivity contribution is 0.0909. The number of hydrogen-bond acceptors (Lipinski definition) is 7. The van der Waals surface area contributed by atoms with Gasteiger partial charge in [0.25, 0.3) is 0 Å². The van der Waals surface area contributed by atoms with Crippen molar-refractivity contribution in [2.75, 3.05) is 12.4 Å². The van der Waals surface area contributed by atoms with Crippen LogP contribution in [0, 0.1) is 0 Å². The van der Waals surface area contributed by atoms with Crippen molar-refractivity contribution in [1.29, 1.82) is 0 Å². The Morgan fingerprint density at radius 3 is 2.43 bits per heavy atom. The molecule has 10 heteroatoms. The van der Waals surface area contributed by atoms with E-state index in [9.17, 15) is 13.5 Å². The number of ether oxygens (including phenoxy) is 2. The summed E-state index contributed by atoms with van der Waals surface area (Å²) in [6.45, 7) is 9.28. The normalized spacial score (nSPS) is 12.2. The van der Waals surface area contributed by atoms with E-state index in [0.29, 0.717) is 47.4 Å². The summed E-state index contributed by atoms with van der Waals surface area (Å²) < 4.78 is 38.3. The molecule has 0 radical (unpaired) electrons. The minimum atomic E-state index is -3.30. The van der Waals surface area contributed by atoms with Gasteiger partial charge in [0.05, 0.1) is 28.3 Å². The molecular formula is C27H33N3O5SSi. The molecule has 2 aromatic heterocycles. The maximum Gasteiger partial charge on any atom is 0.178 e. The van der Waals surface area contributed by atoms with E-state index in [1.165, 1.54) is 12.1 Å². The maximum absolute atomic E-state index is 12.1. The van der Waals surface area contributed by atoms with Crippen LogP contribution >= 0.6 is 0 Å². The first kappa shape index (κ1) is 27.0. The van der Waals surface area contributed by atoms with Gasteiger partial charge in [0.2, 0.25) is 0 Å². The van der Waals surface area contributed by atoms with Crippen LogP contribution in [0.4, 0.5) is 0 Å². The molecule has 8 nitrogen and oxygen atoms in total. The number of rotatable bonds is 11. The van der Waals surface area contributed by atoms with E-state index in [1.807, 2.05) is 28.8 Å². The van der Waals surface area contributed by atoms with E-state index < -0.39 is 17.9 Å². The lowest BCUT2D eigenvalue weighted by Crippen LogP contribution is -2.22. The second-order valence-corrected chi connectivity index (χ2v) is 17.9. The number of nitrogens with zero attached hydrogens (tertiary/aromatic N) is 3. The fourth-order valence-electron chi connectivity index (χ4n) is 3.78. The summed E-state index contributed by atoms with van der Waals surface area (Å²) in [6, 6.07) is 16.6. The van der Waals surface area contributed by atoms with Crippen LogP contribution in [0.25, 0.3) is 22.6 Å². The van der Waals surface area contributed by atoms with Crippen LogP contribution in [-0.2, 0) is 27.9 Å². The molecule has 0 saturated heterocycles. The third-order valence-electron chi connectivity index (χ3n) is 6.00. The molecular weight excluding hydrogens is 506 g/mol. The Bertz CT molecular complexity index is 1460. The SMILES string of the molecule is CCS(=O)(=O)c1ccc(Oc2cc3nc(-c4ccccn4)n(COCC[Si](C)(C)C)c3cc2CO)cc1. The molecule has 0 atom stereocenters. The third kappa shape index (κ3) is 6.45. The predicted molar refractivity (Wildman–Crippen MR) is 147 cm³/mol. The molecule has 4 rings (SSSR count).